The Labute approximate surface area is 215 Å². The maximum atomic E-state index is 12.6. The predicted molar refractivity (Wildman–Crippen MR) is 134 cm³/mol. The number of piperazine rings is 1. The molecule has 2 aromatic rings. The molecule has 196 valence electrons. The van der Waals surface area contributed by atoms with E-state index in [1.165, 1.54) is 17.2 Å². The number of hydrogen-bond acceptors (Lipinski definition) is 7. The molecular formula is C27H32N4O6. The summed E-state index contributed by atoms with van der Waals surface area (Å²) in [7, 11) is 0. The standard InChI is InChI=1S/C27H32N4O6/c1-27(2)15-23(32)31(24(33)16-27)10-9-19-3-7-22(8-4-19)37-26(36)30-13-11-29(12-14-30)18-21-6-5-20(17-28-21)25(34)35/h3-8,17H,9-16,18H2,1-2H3,(H,34,35). The molecule has 2 aliphatic heterocycles. The minimum Gasteiger partial charge on any atom is -0.478 e. The molecule has 10 nitrogen and oxygen atoms in total. The van der Waals surface area contributed by atoms with Gasteiger partial charge in [-0.15, -0.1) is 0 Å². The quantitative estimate of drug-likeness (QED) is 0.567. The third-order valence-electron chi connectivity index (χ3n) is 6.70. The van der Waals surface area contributed by atoms with Crippen LogP contribution in [0.2, 0.25) is 0 Å². The van der Waals surface area contributed by atoms with Crippen molar-refractivity contribution in [2.24, 2.45) is 5.41 Å². The van der Waals surface area contributed by atoms with Crippen molar-refractivity contribution in [3.05, 3.63) is 59.4 Å². The van der Waals surface area contributed by atoms with Crippen LogP contribution in [0.1, 0.15) is 48.3 Å². The van der Waals surface area contributed by atoms with Crippen LogP contribution in [0.15, 0.2) is 42.6 Å². The van der Waals surface area contributed by atoms with Crippen LogP contribution in [0.5, 0.6) is 5.75 Å². The fourth-order valence-corrected chi connectivity index (χ4v) is 4.55. The number of carbonyl (C=O) groups excluding carboxylic acids is 3. The van der Waals surface area contributed by atoms with Crippen LogP contribution in [0, 0.1) is 5.41 Å². The van der Waals surface area contributed by atoms with Gasteiger partial charge in [0.05, 0.1) is 11.3 Å². The molecule has 0 saturated carbocycles. The molecule has 0 atom stereocenters. The van der Waals surface area contributed by atoms with Crippen molar-refractivity contribution < 1.29 is 29.0 Å². The Hall–Kier alpha value is -3.79. The average molecular weight is 509 g/mol. The molecule has 10 heteroatoms. The van der Waals surface area contributed by atoms with E-state index in [2.05, 4.69) is 9.88 Å². The summed E-state index contributed by atoms with van der Waals surface area (Å²) in [6, 6.07) is 10.4. The number of carboxylic acid groups (broad SMARTS) is 1. The number of nitrogens with zero attached hydrogens (tertiary/aromatic N) is 4. The lowest BCUT2D eigenvalue weighted by atomic mass is 9.81. The van der Waals surface area contributed by atoms with E-state index >= 15 is 0 Å². The topological polar surface area (TPSA) is 120 Å². The van der Waals surface area contributed by atoms with Gasteiger partial charge in [-0.1, -0.05) is 26.0 Å². The zero-order chi connectivity index (χ0) is 26.6. The zero-order valence-electron chi connectivity index (χ0n) is 21.2. The number of aromatic nitrogens is 1. The summed E-state index contributed by atoms with van der Waals surface area (Å²) >= 11 is 0. The van der Waals surface area contributed by atoms with E-state index < -0.39 is 12.1 Å². The monoisotopic (exact) mass is 508 g/mol. The van der Waals surface area contributed by atoms with Crippen LogP contribution >= 0.6 is 0 Å². The average Bonchev–Trinajstić information content (AvgIpc) is 2.84. The SMILES string of the molecule is CC1(C)CC(=O)N(CCc2ccc(OC(=O)N3CCN(Cc4ccc(C(=O)O)cn4)CC3)cc2)C(=O)C1. The van der Waals surface area contributed by atoms with E-state index in [0.717, 1.165) is 11.3 Å². The molecule has 0 aliphatic carbocycles. The number of ether oxygens (including phenoxy) is 1. The third-order valence-corrected chi connectivity index (χ3v) is 6.70. The Kier molecular flexibility index (Phi) is 7.87. The minimum absolute atomic E-state index is 0.126. The first kappa shape index (κ1) is 26.3. The molecule has 0 bridgehead atoms. The molecular weight excluding hydrogens is 476 g/mol. The van der Waals surface area contributed by atoms with Gasteiger partial charge in [-0.05, 0) is 41.7 Å². The number of imide groups is 1. The molecule has 4 rings (SSSR count). The van der Waals surface area contributed by atoms with Crippen LogP contribution in [0.3, 0.4) is 0 Å². The van der Waals surface area contributed by atoms with E-state index in [9.17, 15) is 19.2 Å². The number of pyridine rings is 1. The number of hydrogen-bond donors (Lipinski definition) is 1. The number of piperidine rings is 1. The molecule has 37 heavy (non-hydrogen) atoms. The molecule has 0 unspecified atom stereocenters. The number of amides is 3. The molecule has 2 fully saturated rings. The molecule has 3 heterocycles. The highest BCUT2D eigenvalue weighted by molar-refractivity contribution is 5.98. The number of carboxylic acids is 1. The van der Waals surface area contributed by atoms with Crippen LogP contribution < -0.4 is 4.74 Å². The van der Waals surface area contributed by atoms with Gasteiger partial charge in [0.2, 0.25) is 11.8 Å². The van der Waals surface area contributed by atoms with Gasteiger partial charge >= 0.3 is 12.1 Å². The number of aromatic carboxylic acids is 1. The van der Waals surface area contributed by atoms with E-state index in [-0.39, 0.29) is 22.8 Å². The van der Waals surface area contributed by atoms with Crippen LogP contribution in [0.25, 0.3) is 0 Å². The molecule has 1 aromatic carbocycles. The predicted octanol–water partition coefficient (Wildman–Crippen LogP) is 2.81. The van der Waals surface area contributed by atoms with Gasteiger partial charge in [0.25, 0.3) is 0 Å². The Balaban J connectivity index is 1.21. The van der Waals surface area contributed by atoms with Crippen molar-refractivity contribution in [1.29, 1.82) is 0 Å². The molecule has 0 spiro atoms. The van der Waals surface area contributed by atoms with Crippen molar-refractivity contribution in [2.75, 3.05) is 32.7 Å². The normalized spacial score (nSPS) is 18.1. The van der Waals surface area contributed by atoms with Gasteiger partial charge in [-0.2, -0.15) is 0 Å². The van der Waals surface area contributed by atoms with Gasteiger partial charge < -0.3 is 14.7 Å². The van der Waals surface area contributed by atoms with Crippen LogP contribution in [-0.2, 0) is 22.6 Å². The lowest BCUT2D eigenvalue weighted by molar-refractivity contribution is -0.152. The van der Waals surface area contributed by atoms with Gasteiger partial charge in [0.15, 0.2) is 0 Å². The molecule has 1 aromatic heterocycles. The van der Waals surface area contributed by atoms with Gasteiger partial charge in [0.1, 0.15) is 5.75 Å². The highest BCUT2D eigenvalue weighted by atomic mass is 16.6. The summed E-state index contributed by atoms with van der Waals surface area (Å²) in [5, 5.41) is 8.98. The van der Waals surface area contributed by atoms with E-state index in [1.807, 2.05) is 26.0 Å². The third kappa shape index (κ3) is 6.91. The number of benzene rings is 1. The largest absolute Gasteiger partial charge is 0.478 e. The summed E-state index contributed by atoms with van der Waals surface area (Å²) in [4.78, 5) is 57.6. The van der Waals surface area contributed by atoms with Crippen LogP contribution in [0.4, 0.5) is 4.79 Å². The number of rotatable bonds is 7. The second-order valence-electron chi connectivity index (χ2n) is 10.3. The highest BCUT2D eigenvalue weighted by Crippen LogP contribution is 2.31. The maximum Gasteiger partial charge on any atom is 0.415 e. The van der Waals surface area contributed by atoms with Crippen molar-refractivity contribution >= 4 is 23.9 Å². The Morgan fingerprint density at radius 1 is 0.973 bits per heavy atom. The van der Waals surface area contributed by atoms with Crippen molar-refractivity contribution in [3.8, 4) is 5.75 Å². The second-order valence-corrected chi connectivity index (χ2v) is 10.3. The maximum absolute atomic E-state index is 12.6. The Morgan fingerprint density at radius 3 is 2.19 bits per heavy atom. The fraction of sp³-hybridized carbons (Fsp3) is 0.444. The smallest absolute Gasteiger partial charge is 0.415 e. The fourth-order valence-electron chi connectivity index (χ4n) is 4.55. The van der Waals surface area contributed by atoms with E-state index in [1.54, 1.807) is 23.1 Å². The lowest BCUT2D eigenvalue weighted by Gasteiger charge is -2.34. The molecule has 3 amide bonds. The van der Waals surface area contributed by atoms with Crippen molar-refractivity contribution in [3.63, 3.8) is 0 Å². The lowest BCUT2D eigenvalue weighted by Crippen LogP contribution is -2.49. The van der Waals surface area contributed by atoms with Gasteiger partial charge in [-0.3, -0.25) is 24.4 Å². The van der Waals surface area contributed by atoms with Crippen LogP contribution in [-0.4, -0.2) is 81.4 Å². The van der Waals surface area contributed by atoms with E-state index in [0.29, 0.717) is 64.3 Å². The zero-order valence-corrected chi connectivity index (χ0v) is 21.2. The molecule has 1 N–H and O–H groups in total. The molecule has 2 aliphatic rings. The first-order chi connectivity index (χ1) is 17.6. The molecule has 0 radical (unpaired) electrons. The summed E-state index contributed by atoms with van der Waals surface area (Å²) < 4.78 is 5.53. The van der Waals surface area contributed by atoms with Gasteiger partial charge in [0, 0.05) is 58.3 Å². The second kappa shape index (κ2) is 11.1. The number of likely N-dealkylation sites (tertiary alicyclic amines) is 1. The summed E-state index contributed by atoms with van der Waals surface area (Å²) in [5.41, 5.74) is 1.60. The van der Waals surface area contributed by atoms with Gasteiger partial charge in [-0.25, -0.2) is 9.59 Å². The highest BCUT2D eigenvalue weighted by Gasteiger charge is 2.37. The van der Waals surface area contributed by atoms with E-state index in [4.69, 9.17) is 9.84 Å². The van der Waals surface area contributed by atoms with Crippen molar-refractivity contribution in [1.82, 2.24) is 19.7 Å². The summed E-state index contributed by atoms with van der Waals surface area (Å²) in [6.45, 7) is 7.12. The first-order valence-corrected chi connectivity index (χ1v) is 12.4. The Bertz CT molecular complexity index is 1130. The summed E-state index contributed by atoms with van der Waals surface area (Å²) in [5.74, 6) is -0.820. The first-order valence-electron chi connectivity index (χ1n) is 12.4. The summed E-state index contributed by atoms with van der Waals surface area (Å²) in [6.07, 6.45) is 2.23. The minimum atomic E-state index is -1.00. The van der Waals surface area contributed by atoms with Crippen molar-refractivity contribution in [2.45, 2.75) is 39.7 Å². The Morgan fingerprint density at radius 2 is 1.62 bits per heavy atom. The molecule has 2 saturated heterocycles. The number of carbonyl (C=O) groups is 4.